The minimum atomic E-state index is -3.19. The number of β-amino-alcohol motifs (C(OH)–C–C–N with tert-alkyl or cyclic N) is 1. The van der Waals surface area contributed by atoms with Crippen LogP contribution in [0.15, 0.2) is 23.1 Å². The fraction of sp³-hybridized carbons (Fsp3) is 0.750. The summed E-state index contributed by atoms with van der Waals surface area (Å²) in [5, 5.41) is 10.5. The first kappa shape index (κ1) is 16.7. The Morgan fingerprint density at radius 2 is 2.19 bits per heavy atom. The molecule has 21 heavy (non-hydrogen) atoms. The second-order valence-corrected chi connectivity index (χ2v) is 8.71. The van der Waals surface area contributed by atoms with Gasteiger partial charge in [0, 0.05) is 12.8 Å². The van der Waals surface area contributed by atoms with Gasteiger partial charge in [-0.05, 0) is 49.8 Å². The Balaban J connectivity index is 2.18. The fourth-order valence-corrected chi connectivity index (χ4v) is 4.46. The maximum absolute atomic E-state index is 11.8. The van der Waals surface area contributed by atoms with Crippen LogP contribution in [-0.4, -0.2) is 50.4 Å². The Morgan fingerprint density at radius 1 is 1.48 bits per heavy atom. The Kier molecular flexibility index (Phi) is 4.96. The molecule has 2 aliphatic rings. The zero-order valence-corrected chi connectivity index (χ0v) is 14.1. The van der Waals surface area contributed by atoms with Gasteiger partial charge in [0.15, 0.2) is 9.84 Å². The van der Waals surface area contributed by atoms with Gasteiger partial charge in [0.2, 0.25) is 0 Å². The van der Waals surface area contributed by atoms with E-state index in [0.717, 1.165) is 32.4 Å². The van der Waals surface area contributed by atoms with Gasteiger partial charge in [-0.3, -0.25) is 0 Å². The number of aliphatic hydroxyl groups excluding tert-OH is 1. The lowest BCUT2D eigenvalue weighted by atomic mass is 9.67. The van der Waals surface area contributed by atoms with Gasteiger partial charge < -0.3 is 10.0 Å². The molecule has 2 rings (SSSR count). The van der Waals surface area contributed by atoms with Gasteiger partial charge in [-0.15, -0.1) is 0 Å². The smallest absolute Gasteiger partial charge is 0.175 e. The number of likely N-dealkylation sites (tertiary alicyclic amines) is 1. The highest BCUT2D eigenvalue weighted by Crippen LogP contribution is 2.43. The van der Waals surface area contributed by atoms with Gasteiger partial charge in [-0.1, -0.05) is 26.0 Å². The van der Waals surface area contributed by atoms with E-state index in [9.17, 15) is 13.5 Å². The molecule has 0 bridgehead atoms. The minimum Gasteiger partial charge on any atom is -0.391 e. The van der Waals surface area contributed by atoms with Crippen molar-refractivity contribution >= 4 is 9.84 Å². The third kappa shape index (κ3) is 3.76. The molecule has 0 saturated carbocycles. The van der Waals surface area contributed by atoms with Gasteiger partial charge in [0.1, 0.15) is 0 Å². The van der Waals surface area contributed by atoms with E-state index < -0.39 is 9.84 Å². The highest BCUT2D eigenvalue weighted by molar-refractivity contribution is 7.94. The molecule has 5 heteroatoms. The van der Waals surface area contributed by atoms with Gasteiger partial charge in [-0.2, -0.15) is 0 Å². The number of hydrogen-bond donors (Lipinski definition) is 1. The maximum Gasteiger partial charge on any atom is 0.175 e. The summed E-state index contributed by atoms with van der Waals surface area (Å²) >= 11 is 0. The Labute approximate surface area is 128 Å². The highest BCUT2D eigenvalue weighted by atomic mass is 32.2. The predicted molar refractivity (Wildman–Crippen MR) is 85.6 cm³/mol. The molecule has 0 aromatic rings. The molecule has 1 N–H and O–H groups in total. The molecule has 1 heterocycles. The van der Waals surface area contributed by atoms with Crippen LogP contribution in [0.5, 0.6) is 0 Å². The topological polar surface area (TPSA) is 57.6 Å². The molecule has 1 saturated heterocycles. The Bertz CT molecular complexity index is 538. The first-order valence-corrected chi connectivity index (χ1v) is 9.65. The summed E-state index contributed by atoms with van der Waals surface area (Å²) in [4.78, 5) is 2.68. The molecule has 1 unspecified atom stereocenters. The van der Waals surface area contributed by atoms with Crippen LogP contribution in [0.25, 0.3) is 0 Å². The number of aliphatic hydroxyl groups is 1. The van der Waals surface area contributed by atoms with Crippen molar-refractivity contribution in [1.29, 1.82) is 0 Å². The first-order chi connectivity index (χ1) is 9.76. The Morgan fingerprint density at radius 3 is 2.76 bits per heavy atom. The summed E-state index contributed by atoms with van der Waals surface area (Å²) in [6.07, 6.45) is 9.15. The Hall–Kier alpha value is -0.650. The number of rotatable bonds is 4. The predicted octanol–water partition coefficient (Wildman–Crippen LogP) is 1.97. The fourth-order valence-electron chi connectivity index (χ4n) is 3.64. The normalized spacial score (nSPS) is 34.8. The van der Waals surface area contributed by atoms with Gasteiger partial charge in [0.05, 0.1) is 11.0 Å². The third-order valence-electron chi connectivity index (χ3n) is 4.79. The average Bonchev–Trinajstić information content (AvgIpc) is 2.38. The van der Waals surface area contributed by atoms with Crippen molar-refractivity contribution in [3.8, 4) is 0 Å². The van der Waals surface area contributed by atoms with Crippen molar-refractivity contribution in [2.45, 2.75) is 39.2 Å². The number of piperidine rings is 1. The van der Waals surface area contributed by atoms with Gasteiger partial charge in [0.25, 0.3) is 0 Å². The van der Waals surface area contributed by atoms with E-state index in [1.807, 2.05) is 12.2 Å². The summed E-state index contributed by atoms with van der Waals surface area (Å²) in [7, 11) is -3.19. The molecule has 3 atom stereocenters. The van der Waals surface area contributed by atoms with Crippen LogP contribution in [0.4, 0.5) is 0 Å². The van der Waals surface area contributed by atoms with Crippen LogP contribution in [0.3, 0.4) is 0 Å². The summed E-state index contributed by atoms with van der Waals surface area (Å²) in [6.45, 7) is 6.92. The van der Waals surface area contributed by atoms with Crippen molar-refractivity contribution in [1.82, 2.24) is 4.90 Å². The van der Waals surface area contributed by atoms with Crippen LogP contribution in [0.1, 0.15) is 33.1 Å². The van der Waals surface area contributed by atoms with Gasteiger partial charge in [-0.25, -0.2) is 8.42 Å². The number of nitrogens with zero attached hydrogens (tertiary/aromatic N) is 1. The first-order valence-electron chi connectivity index (χ1n) is 7.76. The molecule has 0 aromatic carbocycles. The SMILES string of the molecule is CCCN1CC[C@@H](C2(C)C=C(S(C)(=O)=O)C=CC2)[C@@H](O)C1. The molecule has 4 nitrogen and oxygen atoms in total. The monoisotopic (exact) mass is 313 g/mol. The lowest BCUT2D eigenvalue weighted by molar-refractivity contribution is -0.0201. The van der Waals surface area contributed by atoms with Crippen LogP contribution in [-0.2, 0) is 9.84 Å². The van der Waals surface area contributed by atoms with Crippen molar-refractivity contribution < 1.29 is 13.5 Å². The van der Waals surface area contributed by atoms with Crippen molar-refractivity contribution in [3.05, 3.63) is 23.1 Å². The minimum absolute atomic E-state index is 0.118. The molecule has 0 spiro atoms. The van der Waals surface area contributed by atoms with E-state index in [1.165, 1.54) is 6.26 Å². The van der Waals surface area contributed by atoms with Crippen molar-refractivity contribution in [2.24, 2.45) is 11.3 Å². The third-order valence-corrected chi connectivity index (χ3v) is 5.90. The number of sulfone groups is 1. The van der Waals surface area contributed by atoms with E-state index in [1.54, 1.807) is 6.08 Å². The van der Waals surface area contributed by atoms with Crippen molar-refractivity contribution in [2.75, 3.05) is 25.9 Å². The van der Waals surface area contributed by atoms with E-state index in [-0.39, 0.29) is 17.4 Å². The van der Waals surface area contributed by atoms with E-state index in [4.69, 9.17) is 0 Å². The summed E-state index contributed by atoms with van der Waals surface area (Å²) in [5.41, 5.74) is -0.273. The van der Waals surface area contributed by atoms with Crippen LogP contribution >= 0.6 is 0 Å². The summed E-state index contributed by atoms with van der Waals surface area (Å²) in [6, 6.07) is 0. The van der Waals surface area contributed by atoms with E-state index in [0.29, 0.717) is 11.4 Å². The molecule has 0 radical (unpaired) electrons. The van der Waals surface area contributed by atoms with E-state index >= 15 is 0 Å². The van der Waals surface area contributed by atoms with Crippen LogP contribution in [0, 0.1) is 11.3 Å². The zero-order valence-electron chi connectivity index (χ0n) is 13.2. The van der Waals surface area contributed by atoms with Crippen LogP contribution in [0.2, 0.25) is 0 Å². The van der Waals surface area contributed by atoms with E-state index in [2.05, 4.69) is 18.7 Å². The molecule has 1 aliphatic heterocycles. The van der Waals surface area contributed by atoms with Crippen LogP contribution < -0.4 is 0 Å². The lowest BCUT2D eigenvalue weighted by Gasteiger charge is -2.45. The largest absolute Gasteiger partial charge is 0.391 e. The average molecular weight is 313 g/mol. The molecule has 0 aromatic heterocycles. The number of hydrogen-bond acceptors (Lipinski definition) is 4. The second kappa shape index (κ2) is 6.23. The molecular formula is C16H27NO3S. The summed E-state index contributed by atoms with van der Waals surface area (Å²) in [5.74, 6) is 0.118. The second-order valence-electron chi connectivity index (χ2n) is 6.69. The maximum atomic E-state index is 11.8. The molecular weight excluding hydrogens is 286 g/mol. The lowest BCUT2D eigenvalue weighted by Crippen LogP contribution is -2.49. The highest BCUT2D eigenvalue weighted by Gasteiger charge is 2.41. The summed E-state index contributed by atoms with van der Waals surface area (Å²) < 4.78 is 23.6. The standard InChI is InChI=1S/C16H27NO3S/c1-4-9-17-10-7-14(15(18)12-17)16(2)8-5-6-13(11-16)21(3,19)20/h5-6,11,14-15,18H,4,7-10,12H2,1-3H3/t14-,15+,16?/m1/s1. The molecule has 1 fully saturated rings. The van der Waals surface area contributed by atoms with Gasteiger partial charge >= 0.3 is 0 Å². The quantitative estimate of drug-likeness (QED) is 0.862. The zero-order chi connectivity index (χ0) is 15.7. The molecule has 1 aliphatic carbocycles. The molecule has 120 valence electrons. The van der Waals surface area contributed by atoms with Crippen molar-refractivity contribution in [3.63, 3.8) is 0 Å². The number of allylic oxidation sites excluding steroid dienone is 3. The molecule has 0 amide bonds.